The minimum Gasteiger partial charge on any atom is -0.496 e. The summed E-state index contributed by atoms with van der Waals surface area (Å²) in [6.07, 6.45) is 1.51. The van der Waals surface area contributed by atoms with Gasteiger partial charge < -0.3 is 24.3 Å². The lowest BCUT2D eigenvalue weighted by Crippen LogP contribution is -2.52. The maximum absolute atomic E-state index is 13.0. The number of H-pyrrole nitrogens is 1. The number of rotatable bonds is 5. The second-order valence-electron chi connectivity index (χ2n) is 7.20. The Labute approximate surface area is 179 Å². The van der Waals surface area contributed by atoms with Gasteiger partial charge in [-0.2, -0.15) is 0 Å². The smallest absolute Gasteiger partial charge is 0.295 e. The van der Waals surface area contributed by atoms with Gasteiger partial charge in [0, 0.05) is 37.9 Å². The van der Waals surface area contributed by atoms with Gasteiger partial charge in [-0.3, -0.25) is 14.4 Å². The summed E-state index contributed by atoms with van der Waals surface area (Å²) in [5.41, 5.74) is 1.44. The third kappa shape index (κ3) is 3.72. The maximum Gasteiger partial charge on any atom is 0.295 e. The van der Waals surface area contributed by atoms with Crippen LogP contribution in [0.1, 0.15) is 20.7 Å². The molecular weight excluding hydrogens is 398 g/mol. The summed E-state index contributed by atoms with van der Waals surface area (Å²) in [6, 6.07) is 12.5. The molecule has 2 heterocycles. The first-order valence-electron chi connectivity index (χ1n) is 9.95. The molecule has 1 N–H and O–H groups in total. The minimum atomic E-state index is -0.624. The van der Waals surface area contributed by atoms with E-state index in [1.807, 2.05) is 18.2 Å². The zero-order chi connectivity index (χ0) is 22.0. The van der Waals surface area contributed by atoms with Gasteiger partial charge in [0.05, 0.1) is 30.7 Å². The van der Waals surface area contributed by atoms with Crippen molar-refractivity contribution in [1.82, 2.24) is 14.8 Å². The molecule has 0 bridgehead atoms. The van der Waals surface area contributed by atoms with E-state index in [1.165, 1.54) is 25.3 Å². The lowest BCUT2D eigenvalue weighted by Gasteiger charge is -2.34. The third-order valence-corrected chi connectivity index (χ3v) is 5.51. The Bertz CT molecular complexity index is 1130. The van der Waals surface area contributed by atoms with Crippen LogP contribution in [0.3, 0.4) is 0 Å². The number of nitrogens with zero attached hydrogens (tertiary/aromatic N) is 2. The lowest BCUT2D eigenvalue weighted by molar-refractivity contribution is -0.127. The molecule has 4 rings (SSSR count). The van der Waals surface area contributed by atoms with Crippen molar-refractivity contribution in [3.63, 3.8) is 0 Å². The van der Waals surface area contributed by atoms with Crippen LogP contribution in [0.2, 0.25) is 0 Å². The number of Topliss-reactive ketones (excluding diaryl/α,β-unsaturated/α-hetero) is 1. The quantitative estimate of drug-likeness (QED) is 0.504. The minimum absolute atomic E-state index is 0.0764. The first-order valence-corrected chi connectivity index (χ1v) is 9.95. The Kier molecular flexibility index (Phi) is 5.62. The van der Waals surface area contributed by atoms with E-state index in [-0.39, 0.29) is 11.5 Å². The number of hydrogen-bond acceptors (Lipinski definition) is 5. The summed E-state index contributed by atoms with van der Waals surface area (Å²) in [4.78, 5) is 44.8. The summed E-state index contributed by atoms with van der Waals surface area (Å²) < 4.78 is 10.7. The Balaban J connectivity index is 1.50. The molecule has 0 atom stereocenters. The summed E-state index contributed by atoms with van der Waals surface area (Å²) in [6.45, 7) is 1.34. The number of ketones is 1. The number of ether oxygens (including phenoxy) is 2. The highest BCUT2D eigenvalue weighted by Gasteiger charge is 2.31. The molecule has 8 nitrogen and oxygen atoms in total. The zero-order valence-corrected chi connectivity index (χ0v) is 17.4. The first kappa shape index (κ1) is 20.5. The van der Waals surface area contributed by atoms with Crippen molar-refractivity contribution in [3.05, 3.63) is 59.8 Å². The number of aromatic nitrogens is 1. The number of piperazine rings is 1. The highest BCUT2D eigenvalue weighted by Crippen LogP contribution is 2.35. The van der Waals surface area contributed by atoms with Crippen LogP contribution < -0.4 is 9.47 Å². The predicted octanol–water partition coefficient (Wildman–Crippen LogP) is 2.35. The number of methoxy groups -OCH3 is 2. The fraction of sp³-hybridized carbons (Fsp3) is 0.261. The number of aromatic amines is 1. The van der Waals surface area contributed by atoms with Gasteiger partial charge in [0.15, 0.2) is 0 Å². The molecule has 1 aliphatic rings. The van der Waals surface area contributed by atoms with Crippen LogP contribution in [0.4, 0.5) is 0 Å². The lowest BCUT2D eigenvalue weighted by atomic mass is 10.1. The van der Waals surface area contributed by atoms with Gasteiger partial charge in [0.1, 0.15) is 11.5 Å². The van der Waals surface area contributed by atoms with Gasteiger partial charge in [-0.15, -0.1) is 0 Å². The largest absolute Gasteiger partial charge is 0.496 e. The molecule has 1 aromatic heterocycles. The average molecular weight is 421 g/mol. The number of hydrogen-bond donors (Lipinski definition) is 1. The normalized spacial score (nSPS) is 13.9. The van der Waals surface area contributed by atoms with E-state index in [0.717, 1.165) is 0 Å². The van der Waals surface area contributed by atoms with Crippen LogP contribution in [-0.4, -0.2) is 72.8 Å². The summed E-state index contributed by atoms with van der Waals surface area (Å²) in [7, 11) is 3.04. The van der Waals surface area contributed by atoms with Crippen molar-refractivity contribution >= 4 is 28.5 Å². The molecule has 0 saturated carbocycles. The average Bonchev–Trinajstić information content (AvgIpc) is 3.28. The van der Waals surface area contributed by atoms with Crippen LogP contribution in [0, 0.1) is 0 Å². The van der Waals surface area contributed by atoms with Crippen LogP contribution in [0.15, 0.2) is 48.7 Å². The molecule has 31 heavy (non-hydrogen) atoms. The molecule has 1 fully saturated rings. The Hall–Kier alpha value is -3.81. The number of carbonyl (C=O) groups excluding carboxylic acids is 3. The van der Waals surface area contributed by atoms with E-state index in [9.17, 15) is 14.4 Å². The van der Waals surface area contributed by atoms with Crippen LogP contribution in [-0.2, 0) is 4.79 Å². The maximum atomic E-state index is 13.0. The van der Waals surface area contributed by atoms with Crippen molar-refractivity contribution in [2.45, 2.75) is 0 Å². The monoisotopic (exact) mass is 421 g/mol. The van der Waals surface area contributed by atoms with Gasteiger partial charge in [0.25, 0.3) is 17.6 Å². The second kappa shape index (κ2) is 8.51. The molecule has 3 aromatic rings. The molecule has 0 radical (unpaired) electrons. The first-order chi connectivity index (χ1) is 15.0. The summed E-state index contributed by atoms with van der Waals surface area (Å²) in [5, 5.41) is 0.512. The van der Waals surface area contributed by atoms with E-state index in [4.69, 9.17) is 9.47 Å². The second-order valence-corrected chi connectivity index (χ2v) is 7.20. The SMILES string of the molecule is COc1ccc(OC)c2c(C(=O)C(=O)N3CCN(C(=O)c4ccccc4)CC3)c[nH]c12. The molecule has 0 aliphatic carbocycles. The summed E-state index contributed by atoms with van der Waals surface area (Å²) in [5.74, 6) is -0.271. The van der Waals surface area contributed by atoms with Crippen molar-refractivity contribution < 1.29 is 23.9 Å². The van der Waals surface area contributed by atoms with E-state index >= 15 is 0 Å². The van der Waals surface area contributed by atoms with Crippen LogP contribution in [0.5, 0.6) is 11.5 Å². The molecule has 0 spiro atoms. The highest BCUT2D eigenvalue weighted by atomic mass is 16.5. The molecule has 1 saturated heterocycles. The van der Waals surface area contributed by atoms with Crippen molar-refractivity contribution in [1.29, 1.82) is 0 Å². The van der Waals surface area contributed by atoms with Gasteiger partial charge >= 0.3 is 0 Å². The topological polar surface area (TPSA) is 91.9 Å². The molecule has 1 aliphatic heterocycles. The van der Waals surface area contributed by atoms with Gasteiger partial charge in [-0.1, -0.05) is 18.2 Å². The molecule has 8 heteroatoms. The van der Waals surface area contributed by atoms with E-state index in [2.05, 4.69) is 4.98 Å². The number of nitrogens with one attached hydrogen (secondary N) is 1. The Morgan fingerprint density at radius 1 is 0.839 bits per heavy atom. The zero-order valence-electron chi connectivity index (χ0n) is 17.4. The molecule has 160 valence electrons. The van der Waals surface area contributed by atoms with Crippen LogP contribution in [0.25, 0.3) is 10.9 Å². The highest BCUT2D eigenvalue weighted by molar-refractivity contribution is 6.45. The number of amides is 2. The third-order valence-electron chi connectivity index (χ3n) is 5.51. The molecular formula is C23H23N3O5. The Morgan fingerprint density at radius 2 is 1.45 bits per heavy atom. The van der Waals surface area contributed by atoms with Crippen molar-refractivity contribution in [2.75, 3.05) is 40.4 Å². The summed E-state index contributed by atoms with van der Waals surface area (Å²) >= 11 is 0. The van der Waals surface area contributed by atoms with Crippen molar-refractivity contribution in [2.24, 2.45) is 0 Å². The van der Waals surface area contributed by atoms with Gasteiger partial charge in [0.2, 0.25) is 0 Å². The number of benzene rings is 2. The number of carbonyl (C=O) groups is 3. The number of fused-ring (bicyclic) bond motifs is 1. The molecule has 2 aromatic carbocycles. The fourth-order valence-electron chi connectivity index (χ4n) is 3.85. The van der Waals surface area contributed by atoms with E-state index in [0.29, 0.717) is 54.1 Å². The van der Waals surface area contributed by atoms with Gasteiger partial charge in [-0.25, -0.2) is 0 Å². The van der Waals surface area contributed by atoms with E-state index < -0.39 is 11.7 Å². The predicted molar refractivity (Wildman–Crippen MR) is 115 cm³/mol. The van der Waals surface area contributed by atoms with E-state index in [1.54, 1.807) is 29.2 Å². The van der Waals surface area contributed by atoms with Crippen molar-refractivity contribution in [3.8, 4) is 11.5 Å². The molecule has 0 unspecified atom stereocenters. The Morgan fingerprint density at radius 3 is 2.10 bits per heavy atom. The standard InChI is InChI=1S/C23H23N3O5/c1-30-17-8-9-18(31-2)20-19(17)16(14-24-20)21(27)23(29)26-12-10-25(11-13-26)22(28)15-6-4-3-5-7-15/h3-9,14,24H,10-13H2,1-2H3. The van der Waals surface area contributed by atoms with Crippen LogP contribution >= 0.6 is 0 Å². The fourth-order valence-corrected chi connectivity index (χ4v) is 3.85. The molecule has 2 amide bonds. The van der Waals surface area contributed by atoms with Gasteiger partial charge in [-0.05, 0) is 24.3 Å².